The van der Waals surface area contributed by atoms with Crippen LogP contribution >= 0.6 is 11.3 Å². The lowest BCUT2D eigenvalue weighted by molar-refractivity contribution is -0.297. The maximum Gasteiger partial charge on any atom is 0.438 e. The summed E-state index contributed by atoms with van der Waals surface area (Å²) in [5.41, 5.74) is -2.30. The molecule has 0 bridgehead atoms. The average molecular weight is 320 g/mol. The van der Waals surface area contributed by atoms with Gasteiger partial charge < -0.3 is 5.11 Å². The van der Waals surface area contributed by atoms with Crippen LogP contribution in [0.15, 0.2) is 16.5 Å². The van der Waals surface area contributed by atoms with Crippen molar-refractivity contribution in [2.24, 2.45) is 5.10 Å². The van der Waals surface area contributed by atoms with Crippen LogP contribution in [0.25, 0.3) is 0 Å². The summed E-state index contributed by atoms with van der Waals surface area (Å²) in [5.74, 6) is -0.931. The monoisotopic (exact) mass is 320 g/mol. The van der Waals surface area contributed by atoms with E-state index in [4.69, 9.17) is 0 Å². The summed E-state index contributed by atoms with van der Waals surface area (Å²) >= 11 is 1.03. The molecule has 0 saturated carbocycles. The fourth-order valence-corrected chi connectivity index (χ4v) is 2.95. The molecule has 1 N–H and O–H groups in total. The van der Waals surface area contributed by atoms with E-state index in [1.165, 1.54) is 6.07 Å². The molecular formula is C13H15F3N2O2S. The van der Waals surface area contributed by atoms with Crippen LogP contribution in [0, 0.1) is 6.92 Å². The summed E-state index contributed by atoms with van der Waals surface area (Å²) in [6.45, 7) is 3.53. The van der Waals surface area contributed by atoms with Gasteiger partial charge in [0.2, 0.25) is 0 Å². The first-order valence-corrected chi connectivity index (χ1v) is 7.32. The normalized spacial score (nSPS) is 22.6. The zero-order valence-corrected chi connectivity index (χ0v) is 12.4. The number of aliphatic hydroxyl groups is 1. The maximum absolute atomic E-state index is 13.2. The van der Waals surface area contributed by atoms with Crippen LogP contribution in [0.2, 0.25) is 0 Å². The zero-order valence-electron chi connectivity index (χ0n) is 11.6. The van der Waals surface area contributed by atoms with Crippen LogP contribution in [0.3, 0.4) is 0 Å². The maximum atomic E-state index is 13.2. The van der Waals surface area contributed by atoms with Crippen molar-refractivity contribution in [1.82, 2.24) is 5.01 Å². The molecule has 0 spiro atoms. The molecule has 0 saturated heterocycles. The summed E-state index contributed by atoms with van der Waals surface area (Å²) in [5, 5.41) is 15.6. The summed E-state index contributed by atoms with van der Waals surface area (Å²) in [6, 6.07) is 1.48. The first kappa shape index (κ1) is 16.0. The van der Waals surface area contributed by atoms with Gasteiger partial charge in [-0.2, -0.15) is 23.3 Å². The Labute approximate surface area is 123 Å². The minimum Gasteiger partial charge on any atom is -0.362 e. The predicted molar refractivity (Wildman–Crippen MR) is 73.2 cm³/mol. The average Bonchev–Trinajstić information content (AvgIpc) is 2.93. The second-order valence-corrected chi connectivity index (χ2v) is 5.92. The fraction of sp³-hybridized carbons (Fsp3) is 0.538. The van der Waals surface area contributed by atoms with E-state index >= 15 is 0 Å². The number of alkyl halides is 3. The molecule has 0 radical (unpaired) electrons. The van der Waals surface area contributed by atoms with Crippen molar-refractivity contribution in [2.75, 3.05) is 0 Å². The van der Waals surface area contributed by atoms with Gasteiger partial charge in [0.15, 0.2) is 0 Å². The molecule has 0 aromatic carbocycles. The number of hydrogen-bond donors (Lipinski definition) is 1. The van der Waals surface area contributed by atoms with Crippen molar-refractivity contribution in [2.45, 2.75) is 45.0 Å². The molecule has 1 amide bonds. The molecule has 1 aromatic rings. The number of amides is 1. The third-order valence-electron chi connectivity index (χ3n) is 3.17. The molecule has 1 aromatic heterocycles. The van der Waals surface area contributed by atoms with E-state index in [0.29, 0.717) is 12.8 Å². The Bertz CT molecular complexity index is 582. The number of halogens is 3. The third-order valence-corrected chi connectivity index (χ3v) is 4.20. The predicted octanol–water partition coefficient (Wildman–Crippen LogP) is 3.31. The van der Waals surface area contributed by atoms with Crippen LogP contribution in [0.4, 0.5) is 13.2 Å². The van der Waals surface area contributed by atoms with Gasteiger partial charge in [0.25, 0.3) is 11.6 Å². The number of hydrazone groups is 1. The van der Waals surface area contributed by atoms with E-state index in [0.717, 1.165) is 16.9 Å². The van der Waals surface area contributed by atoms with E-state index in [-0.39, 0.29) is 15.6 Å². The minimum absolute atomic E-state index is 0.122. The number of carbonyl (C=O) groups is 1. The molecule has 21 heavy (non-hydrogen) atoms. The van der Waals surface area contributed by atoms with Crippen LogP contribution in [-0.4, -0.2) is 33.6 Å². The van der Waals surface area contributed by atoms with E-state index in [1.54, 1.807) is 19.2 Å². The lowest BCUT2D eigenvalue weighted by Crippen LogP contribution is -2.56. The third kappa shape index (κ3) is 2.82. The van der Waals surface area contributed by atoms with E-state index in [9.17, 15) is 23.1 Å². The molecule has 0 unspecified atom stereocenters. The first-order valence-electron chi connectivity index (χ1n) is 6.44. The lowest BCUT2D eigenvalue weighted by atomic mass is 10.0. The largest absolute Gasteiger partial charge is 0.438 e. The Morgan fingerprint density at radius 3 is 2.71 bits per heavy atom. The highest BCUT2D eigenvalue weighted by atomic mass is 32.1. The van der Waals surface area contributed by atoms with Gasteiger partial charge in [-0.3, -0.25) is 4.79 Å². The van der Waals surface area contributed by atoms with Crippen LogP contribution in [-0.2, 0) is 0 Å². The first-order chi connectivity index (χ1) is 9.69. The number of aryl methyl sites for hydroxylation is 1. The van der Waals surface area contributed by atoms with Crippen LogP contribution in [0.5, 0.6) is 0 Å². The van der Waals surface area contributed by atoms with Crippen molar-refractivity contribution in [3.63, 3.8) is 0 Å². The Morgan fingerprint density at radius 2 is 2.24 bits per heavy atom. The van der Waals surface area contributed by atoms with Crippen LogP contribution < -0.4 is 0 Å². The Hall–Kier alpha value is -1.41. The molecule has 8 heteroatoms. The van der Waals surface area contributed by atoms with E-state index in [1.807, 2.05) is 0 Å². The van der Waals surface area contributed by atoms with Gasteiger partial charge in [0, 0.05) is 12.1 Å². The van der Waals surface area contributed by atoms with Gasteiger partial charge in [-0.15, -0.1) is 11.3 Å². The number of thiophene rings is 1. The molecule has 0 fully saturated rings. The van der Waals surface area contributed by atoms with Crippen molar-refractivity contribution in [3.8, 4) is 0 Å². The number of nitrogens with zero attached hydrogens (tertiary/aromatic N) is 2. The van der Waals surface area contributed by atoms with Crippen molar-refractivity contribution < 1.29 is 23.1 Å². The van der Waals surface area contributed by atoms with Gasteiger partial charge >= 0.3 is 6.18 Å². The summed E-state index contributed by atoms with van der Waals surface area (Å²) in [7, 11) is 0. The molecule has 2 heterocycles. The summed E-state index contributed by atoms with van der Waals surface area (Å²) in [4.78, 5) is 12.4. The van der Waals surface area contributed by atoms with Crippen molar-refractivity contribution >= 4 is 23.0 Å². The molecular weight excluding hydrogens is 305 g/mol. The SMILES string of the molecule is CCCC1=NN(C(=O)c2cc(C)cs2)[C@](O)(C(F)(F)F)C1. The molecule has 0 aliphatic carbocycles. The molecule has 2 rings (SSSR count). The highest BCUT2D eigenvalue weighted by molar-refractivity contribution is 7.12. The summed E-state index contributed by atoms with van der Waals surface area (Å²) < 4.78 is 39.5. The van der Waals surface area contributed by atoms with Gasteiger partial charge in [-0.05, 0) is 30.4 Å². The van der Waals surface area contributed by atoms with Crippen LogP contribution in [0.1, 0.15) is 41.4 Å². The molecule has 116 valence electrons. The second-order valence-electron chi connectivity index (χ2n) is 5.01. The molecule has 1 aliphatic rings. The topological polar surface area (TPSA) is 52.9 Å². The number of hydrogen-bond acceptors (Lipinski definition) is 4. The van der Waals surface area contributed by atoms with Gasteiger partial charge in [-0.25, -0.2) is 0 Å². The smallest absolute Gasteiger partial charge is 0.362 e. The molecule has 1 atom stereocenters. The van der Waals surface area contributed by atoms with Gasteiger partial charge in [0.05, 0.1) is 4.88 Å². The van der Waals surface area contributed by atoms with Gasteiger partial charge in [-0.1, -0.05) is 13.3 Å². The molecule has 4 nitrogen and oxygen atoms in total. The highest BCUT2D eigenvalue weighted by Gasteiger charge is 2.63. The second kappa shape index (κ2) is 5.42. The number of rotatable bonds is 3. The number of carbonyl (C=O) groups excluding carboxylic acids is 1. The quantitative estimate of drug-likeness (QED) is 0.929. The summed E-state index contributed by atoms with van der Waals surface area (Å²) in [6.07, 6.45) is -4.76. The van der Waals surface area contributed by atoms with Gasteiger partial charge in [0.1, 0.15) is 0 Å². The Balaban J connectivity index is 2.38. The van der Waals surface area contributed by atoms with Crippen molar-refractivity contribution in [3.05, 3.63) is 21.9 Å². The zero-order chi connectivity index (χ0) is 15.8. The van der Waals surface area contributed by atoms with E-state index < -0.39 is 24.2 Å². The standard InChI is InChI=1S/C13H15F3N2O2S/c1-3-4-9-6-12(20,13(14,15)16)18(17-9)11(19)10-5-8(2)7-21-10/h5,7,20H,3-4,6H2,1-2H3/t12-/m1/s1. The Morgan fingerprint density at radius 1 is 1.57 bits per heavy atom. The van der Waals surface area contributed by atoms with Crippen molar-refractivity contribution in [1.29, 1.82) is 0 Å². The minimum atomic E-state index is -4.96. The lowest BCUT2D eigenvalue weighted by Gasteiger charge is -2.32. The molecule has 1 aliphatic heterocycles. The highest BCUT2D eigenvalue weighted by Crippen LogP contribution is 2.41. The Kier molecular flexibility index (Phi) is 4.12. The van der Waals surface area contributed by atoms with E-state index in [2.05, 4.69) is 5.10 Å². The fourth-order valence-electron chi connectivity index (χ4n) is 2.13.